The number of rotatable bonds is 4. The molecule has 0 atom stereocenters. The van der Waals surface area contributed by atoms with E-state index < -0.39 is 0 Å². The maximum atomic E-state index is 4.58. The van der Waals surface area contributed by atoms with Crippen LogP contribution < -0.4 is 10.6 Å². The van der Waals surface area contributed by atoms with Crippen LogP contribution in [0.4, 0.5) is 0 Å². The van der Waals surface area contributed by atoms with Gasteiger partial charge in [0.05, 0.1) is 5.54 Å². The van der Waals surface area contributed by atoms with E-state index in [4.69, 9.17) is 0 Å². The molecule has 1 aromatic rings. The van der Waals surface area contributed by atoms with Gasteiger partial charge in [-0.3, -0.25) is 0 Å². The average Bonchev–Trinajstić information content (AvgIpc) is 3.09. The van der Waals surface area contributed by atoms with E-state index in [0.29, 0.717) is 0 Å². The average molecular weight is 265 g/mol. The second kappa shape index (κ2) is 5.68. The molecule has 2 heterocycles. The number of aromatic nitrogens is 1. The SMILES string of the molecule is c1csc(C2(NCC3CCNCC3)CCCC2)n1. The normalized spacial score (nSPS) is 24.4. The summed E-state index contributed by atoms with van der Waals surface area (Å²) in [7, 11) is 0. The molecule has 1 saturated carbocycles. The van der Waals surface area contributed by atoms with Crippen molar-refractivity contribution in [1.29, 1.82) is 0 Å². The highest BCUT2D eigenvalue weighted by Crippen LogP contribution is 2.39. The third kappa shape index (κ3) is 2.60. The Balaban J connectivity index is 1.63. The Hall–Kier alpha value is -0.450. The summed E-state index contributed by atoms with van der Waals surface area (Å²) in [5.41, 5.74) is 0.207. The highest BCUT2D eigenvalue weighted by Gasteiger charge is 2.37. The minimum atomic E-state index is 0.207. The lowest BCUT2D eigenvalue weighted by molar-refractivity contribution is 0.278. The summed E-state index contributed by atoms with van der Waals surface area (Å²) in [6.07, 6.45) is 9.82. The molecule has 1 saturated heterocycles. The molecule has 100 valence electrons. The topological polar surface area (TPSA) is 37.0 Å². The molecule has 1 aliphatic heterocycles. The first-order valence-corrected chi connectivity index (χ1v) is 8.13. The Bertz CT molecular complexity index is 351. The minimum Gasteiger partial charge on any atom is -0.317 e. The lowest BCUT2D eigenvalue weighted by Gasteiger charge is -2.32. The van der Waals surface area contributed by atoms with Crippen LogP contribution in [0.3, 0.4) is 0 Å². The molecule has 0 bridgehead atoms. The summed E-state index contributed by atoms with van der Waals surface area (Å²) in [5, 5.41) is 10.8. The van der Waals surface area contributed by atoms with E-state index in [1.807, 2.05) is 17.5 Å². The number of thiazole rings is 1. The molecule has 2 N–H and O–H groups in total. The molecule has 3 rings (SSSR count). The van der Waals surface area contributed by atoms with Crippen molar-refractivity contribution >= 4 is 11.3 Å². The third-order valence-corrected chi connectivity index (χ3v) is 5.46. The van der Waals surface area contributed by atoms with Gasteiger partial charge in [0.15, 0.2) is 0 Å². The predicted molar refractivity (Wildman–Crippen MR) is 75.9 cm³/mol. The van der Waals surface area contributed by atoms with Crippen molar-refractivity contribution in [2.24, 2.45) is 5.92 Å². The number of hydrogen-bond donors (Lipinski definition) is 2. The molecule has 2 aliphatic rings. The largest absolute Gasteiger partial charge is 0.317 e. The van der Waals surface area contributed by atoms with Gasteiger partial charge in [-0.1, -0.05) is 12.8 Å². The van der Waals surface area contributed by atoms with Gasteiger partial charge in [-0.15, -0.1) is 11.3 Å². The van der Waals surface area contributed by atoms with Gasteiger partial charge in [0.25, 0.3) is 0 Å². The van der Waals surface area contributed by atoms with Crippen LogP contribution in [0.2, 0.25) is 0 Å². The van der Waals surface area contributed by atoms with Gasteiger partial charge >= 0.3 is 0 Å². The lowest BCUT2D eigenvalue weighted by atomic mass is 9.94. The first kappa shape index (κ1) is 12.6. The fourth-order valence-corrected chi connectivity index (χ4v) is 4.20. The summed E-state index contributed by atoms with van der Waals surface area (Å²) in [5.74, 6) is 0.851. The van der Waals surface area contributed by atoms with Gasteiger partial charge in [-0.2, -0.15) is 0 Å². The second-order valence-corrected chi connectivity index (χ2v) is 6.60. The van der Waals surface area contributed by atoms with Gasteiger partial charge < -0.3 is 10.6 Å². The highest BCUT2D eigenvalue weighted by atomic mass is 32.1. The van der Waals surface area contributed by atoms with Crippen LogP contribution in [0.15, 0.2) is 11.6 Å². The summed E-state index contributed by atoms with van der Waals surface area (Å²) < 4.78 is 0. The standard InChI is InChI=1S/C14H23N3S/c1-2-6-14(5-1,13-16-9-10-18-13)17-11-12-3-7-15-8-4-12/h9-10,12,15,17H,1-8,11H2. The number of nitrogens with zero attached hydrogens (tertiary/aromatic N) is 1. The van der Waals surface area contributed by atoms with Crippen LogP contribution in [0.1, 0.15) is 43.5 Å². The molecule has 18 heavy (non-hydrogen) atoms. The summed E-state index contributed by atoms with van der Waals surface area (Å²) in [6, 6.07) is 0. The maximum absolute atomic E-state index is 4.58. The summed E-state index contributed by atoms with van der Waals surface area (Å²) in [4.78, 5) is 4.58. The minimum absolute atomic E-state index is 0.207. The fraction of sp³-hybridized carbons (Fsp3) is 0.786. The lowest BCUT2D eigenvalue weighted by Crippen LogP contribution is -2.44. The number of piperidine rings is 1. The van der Waals surface area contributed by atoms with Gasteiger partial charge in [0.1, 0.15) is 5.01 Å². The number of nitrogens with one attached hydrogen (secondary N) is 2. The van der Waals surface area contributed by atoms with E-state index in [1.165, 1.54) is 63.2 Å². The molecule has 0 unspecified atom stereocenters. The van der Waals surface area contributed by atoms with Crippen LogP contribution in [0.25, 0.3) is 0 Å². The molecular formula is C14H23N3S. The van der Waals surface area contributed by atoms with Crippen LogP contribution in [0.5, 0.6) is 0 Å². The zero-order chi connectivity index (χ0) is 12.3. The summed E-state index contributed by atoms with van der Waals surface area (Å²) in [6.45, 7) is 3.55. The molecule has 1 aliphatic carbocycles. The van der Waals surface area contributed by atoms with E-state index in [9.17, 15) is 0 Å². The molecule has 2 fully saturated rings. The van der Waals surface area contributed by atoms with Crippen molar-refractivity contribution < 1.29 is 0 Å². The second-order valence-electron chi connectivity index (χ2n) is 5.70. The van der Waals surface area contributed by atoms with E-state index in [0.717, 1.165) is 5.92 Å². The monoisotopic (exact) mass is 265 g/mol. The van der Waals surface area contributed by atoms with Crippen molar-refractivity contribution in [3.8, 4) is 0 Å². The van der Waals surface area contributed by atoms with Crippen molar-refractivity contribution in [3.05, 3.63) is 16.6 Å². The van der Waals surface area contributed by atoms with Crippen LogP contribution in [0, 0.1) is 5.92 Å². The zero-order valence-electron chi connectivity index (χ0n) is 11.0. The molecule has 0 radical (unpaired) electrons. The van der Waals surface area contributed by atoms with Crippen LogP contribution >= 0.6 is 11.3 Å². The predicted octanol–water partition coefficient (Wildman–Crippen LogP) is 2.50. The smallest absolute Gasteiger partial charge is 0.113 e. The van der Waals surface area contributed by atoms with Crippen molar-refractivity contribution in [1.82, 2.24) is 15.6 Å². The van der Waals surface area contributed by atoms with Crippen molar-refractivity contribution in [2.45, 2.75) is 44.1 Å². The highest BCUT2D eigenvalue weighted by molar-refractivity contribution is 7.09. The van der Waals surface area contributed by atoms with E-state index in [-0.39, 0.29) is 5.54 Å². The van der Waals surface area contributed by atoms with Crippen LogP contribution in [-0.2, 0) is 5.54 Å². The van der Waals surface area contributed by atoms with Gasteiger partial charge in [0.2, 0.25) is 0 Å². The van der Waals surface area contributed by atoms with Crippen molar-refractivity contribution in [2.75, 3.05) is 19.6 Å². The Labute approximate surface area is 113 Å². The third-order valence-electron chi connectivity index (χ3n) is 4.49. The molecule has 3 nitrogen and oxygen atoms in total. The van der Waals surface area contributed by atoms with E-state index in [2.05, 4.69) is 21.0 Å². The van der Waals surface area contributed by atoms with Gasteiger partial charge in [-0.05, 0) is 51.2 Å². The van der Waals surface area contributed by atoms with E-state index >= 15 is 0 Å². The van der Waals surface area contributed by atoms with Crippen LogP contribution in [-0.4, -0.2) is 24.6 Å². The molecule has 0 spiro atoms. The van der Waals surface area contributed by atoms with E-state index in [1.54, 1.807) is 0 Å². The van der Waals surface area contributed by atoms with Gasteiger partial charge in [-0.25, -0.2) is 4.98 Å². The fourth-order valence-electron chi connectivity index (χ4n) is 3.33. The van der Waals surface area contributed by atoms with Gasteiger partial charge in [0, 0.05) is 11.6 Å². The van der Waals surface area contributed by atoms with Crippen molar-refractivity contribution in [3.63, 3.8) is 0 Å². The molecule has 4 heteroatoms. The first-order valence-electron chi connectivity index (χ1n) is 7.25. The molecular weight excluding hydrogens is 242 g/mol. The molecule has 1 aromatic heterocycles. The number of hydrogen-bond acceptors (Lipinski definition) is 4. The Morgan fingerprint density at radius 3 is 2.78 bits per heavy atom. The molecule has 0 amide bonds. The summed E-state index contributed by atoms with van der Waals surface area (Å²) >= 11 is 1.82. The zero-order valence-corrected chi connectivity index (χ0v) is 11.8. The Morgan fingerprint density at radius 1 is 1.33 bits per heavy atom. The maximum Gasteiger partial charge on any atom is 0.113 e. The quantitative estimate of drug-likeness (QED) is 0.878. The first-order chi connectivity index (χ1) is 8.89. The Kier molecular flexibility index (Phi) is 3.97. The molecule has 0 aromatic carbocycles. The Morgan fingerprint density at radius 2 is 2.11 bits per heavy atom.